The molecule has 0 radical (unpaired) electrons. The van der Waals surface area contributed by atoms with Crippen LogP contribution in [0.5, 0.6) is 0 Å². The monoisotopic (exact) mass is 250 g/mol. The number of ketones is 1. The van der Waals surface area contributed by atoms with Gasteiger partial charge in [0.1, 0.15) is 0 Å². The number of benzene rings is 1. The van der Waals surface area contributed by atoms with Crippen molar-refractivity contribution in [1.29, 1.82) is 5.41 Å². The summed E-state index contributed by atoms with van der Waals surface area (Å²) in [5.74, 6) is -0.363. The van der Waals surface area contributed by atoms with E-state index in [1.54, 1.807) is 6.92 Å². The standard InChI is InChI=1S/C13H15ClN2O/c1-9-5-3-4-6-12(9)16-10(2)11(8-15)13(17)7-14/h3-6,8,15-16H,7H2,1-2H3/b11-10+,15-8?. The Balaban J connectivity index is 3.01. The fraction of sp³-hybridized carbons (Fsp3) is 0.231. The number of carbonyl (C=O) groups excluding carboxylic acids is 1. The Hall–Kier alpha value is -1.61. The summed E-state index contributed by atoms with van der Waals surface area (Å²) in [5.41, 5.74) is 2.95. The Labute approximate surface area is 106 Å². The summed E-state index contributed by atoms with van der Waals surface area (Å²) >= 11 is 5.49. The van der Waals surface area contributed by atoms with Crippen LogP contribution in [0.2, 0.25) is 0 Å². The lowest BCUT2D eigenvalue weighted by Crippen LogP contribution is -2.11. The fourth-order valence-electron chi connectivity index (χ4n) is 1.45. The molecule has 0 saturated heterocycles. The molecule has 3 nitrogen and oxygen atoms in total. The maximum Gasteiger partial charge on any atom is 0.180 e. The largest absolute Gasteiger partial charge is 0.358 e. The third kappa shape index (κ3) is 3.43. The topological polar surface area (TPSA) is 53.0 Å². The molecule has 1 aromatic rings. The van der Waals surface area contributed by atoms with E-state index in [2.05, 4.69) is 5.32 Å². The second-order valence-corrected chi connectivity index (χ2v) is 3.95. The van der Waals surface area contributed by atoms with Crippen LogP contribution in [-0.2, 0) is 4.79 Å². The van der Waals surface area contributed by atoms with Crippen LogP contribution < -0.4 is 5.32 Å². The minimum absolute atomic E-state index is 0.114. The average Bonchev–Trinajstić information content (AvgIpc) is 2.32. The molecule has 4 heteroatoms. The number of halogens is 1. The van der Waals surface area contributed by atoms with E-state index in [4.69, 9.17) is 17.0 Å². The number of rotatable bonds is 5. The van der Waals surface area contributed by atoms with Crippen LogP contribution in [0.3, 0.4) is 0 Å². The van der Waals surface area contributed by atoms with Gasteiger partial charge in [-0.1, -0.05) is 18.2 Å². The third-order valence-corrected chi connectivity index (χ3v) is 2.68. The molecule has 0 aliphatic rings. The molecule has 0 fully saturated rings. The van der Waals surface area contributed by atoms with Crippen LogP contribution in [0.4, 0.5) is 5.69 Å². The van der Waals surface area contributed by atoms with Crippen molar-refractivity contribution in [2.24, 2.45) is 0 Å². The van der Waals surface area contributed by atoms with Crippen molar-refractivity contribution in [2.75, 3.05) is 11.2 Å². The molecule has 0 spiro atoms. The average molecular weight is 251 g/mol. The summed E-state index contributed by atoms with van der Waals surface area (Å²) in [6.45, 7) is 3.74. The lowest BCUT2D eigenvalue weighted by molar-refractivity contribution is -0.112. The Kier molecular flexibility index (Phi) is 4.91. The van der Waals surface area contributed by atoms with Crippen LogP contribution >= 0.6 is 11.6 Å². The van der Waals surface area contributed by atoms with E-state index < -0.39 is 0 Å². The van der Waals surface area contributed by atoms with E-state index in [-0.39, 0.29) is 11.7 Å². The van der Waals surface area contributed by atoms with Crippen molar-refractivity contribution >= 4 is 29.3 Å². The molecule has 0 amide bonds. The number of Topliss-reactive ketones (excluding diaryl/α,β-unsaturated/α-hetero) is 1. The molecular weight excluding hydrogens is 236 g/mol. The number of hydrogen-bond donors (Lipinski definition) is 2. The molecule has 1 aromatic carbocycles. The van der Waals surface area contributed by atoms with Gasteiger partial charge in [-0.3, -0.25) is 4.79 Å². The zero-order valence-electron chi connectivity index (χ0n) is 9.88. The Morgan fingerprint density at radius 1 is 1.47 bits per heavy atom. The molecule has 0 aromatic heterocycles. The molecule has 0 unspecified atom stereocenters. The van der Waals surface area contributed by atoms with Crippen molar-refractivity contribution in [3.8, 4) is 0 Å². The summed E-state index contributed by atoms with van der Waals surface area (Å²) in [7, 11) is 0. The van der Waals surface area contributed by atoms with Crippen molar-refractivity contribution in [1.82, 2.24) is 0 Å². The number of anilines is 1. The molecule has 90 valence electrons. The second kappa shape index (κ2) is 6.21. The lowest BCUT2D eigenvalue weighted by atomic mass is 10.1. The highest BCUT2D eigenvalue weighted by Crippen LogP contribution is 2.17. The van der Waals surface area contributed by atoms with Gasteiger partial charge < -0.3 is 10.7 Å². The van der Waals surface area contributed by atoms with Gasteiger partial charge in [0.25, 0.3) is 0 Å². The number of alkyl halides is 1. The van der Waals surface area contributed by atoms with Crippen molar-refractivity contribution < 1.29 is 4.79 Å². The van der Waals surface area contributed by atoms with Crippen LogP contribution in [0.1, 0.15) is 12.5 Å². The minimum atomic E-state index is -0.250. The Morgan fingerprint density at radius 3 is 2.65 bits per heavy atom. The van der Waals surface area contributed by atoms with Gasteiger partial charge in [0.05, 0.1) is 11.5 Å². The van der Waals surface area contributed by atoms with Crippen LogP contribution in [0.25, 0.3) is 0 Å². The SMILES string of the molecule is C/C(Nc1ccccc1C)=C(/C=N)C(=O)CCl. The highest BCUT2D eigenvalue weighted by Gasteiger charge is 2.09. The summed E-state index contributed by atoms with van der Waals surface area (Å²) < 4.78 is 0. The summed E-state index contributed by atoms with van der Waals surface area (Å²) in [6.07, 6.45) is 1.03. The molecular formula is C13H15ClN2O. The number of carbonyl (C=O) groups is 1. The highest BCUT2D eigenvalue weighted by molar-refractivity contribution is 6.33. The third-order valence-electron chi connectivity index (χ3n) is 2.44. The Bertz CT molecular complexity index is 466. The van der Waals surface area contributed by atoms with Crippen LogP contribution in [0, 0.1) is 12.3 Å². The second-order valence-electron chi connectivity index (χ2n) is 3.68. The van der Waals surface area contributed by atoms with E-state index in [0.29, 0.717) is 11.3 Å². The number of para-hydroxylation sites is 1. The first-order chi connectivity index (χ1) is 8.10. The van der Waals surface area contributed by atoms with E-state index in [1.807, 2.05) is 31.2 Å². The zero-order valence-corrected chi connectivity index (χ0v) is 10.6. The van der Waals surface area contributed by atoms with E-state index in [1.165, 1.54) is 0 Å². The van der Waals surface area contributed by atoms with Gasteiger partial charge >= 0.3 is 0 Å². The van der Waals surface area contributed by atoms with E-state index >= 15 is 0 Å². The normalized spacial score (nSPS) is 11.7. The first kappa shape index (κ1) is 13.5. The van der Waals surface area contributed by atoms with E-state index in [0.717, 1.165) is 17.5 Å². The van der Waals surface area contributed by atoms with E-state index in [9.17, 15) is 4.79 Å². The maximum atomic E-state index is 11.5. The lowest BCUT2D eigenvalue weighted by Gasteiger charge is -2.11. The Morgan fingerprint density at radius 2 is 2.12 bits per heavy atom. The molecule has 0 aliphatic heterocycles. The molecule has 0 aliphatic carbocycles. The smallest absolute Gasteiger partial charge is 0.180 e. The molecule has 2 N–H and O–H groups in total. The molecule has 0 heterocycles. The summed E-state index contributed by atoms with van der Waals surface area (Å²) in [4.78, 5) is 11.5. The van der Waals surface area contributed by atoms with Crippen molar-refractivity contribution in [3.05, 3.63) is 41.1 Å². The number of allylic oxidation sites excluding steroid dienone is 2. The predicted octanol–water partition coefficient (Wildman–Crippen LogP) is 3.14. The first-order valence-electron chi connectivity index (χ1n) is 5.23. The van der Waals surface area contributed by atoms with Gasteiger partial charge in [-0.05, 0) is 25.5 Å². The van der Waals surface area contributed by atoms with Crippen molar-refractivity contribution in [3.63, 3.8) is 0 Å². The maximum absolute atomic E-state index is 11.5. The number of nitrogens with one attached hydrogen (secondary N) is 2. The first-order valence-corrected chi connectivity index (χ1v) is 5.76. The minimum Gasteiger partial charge on any atom is -0.358 e. The number of hydrogen-bond acceptors (Lipinski definition) is 3. The summed E-state index contributed by atoms with van der Waals surface area (Å²) in [6, 6.07) is 7.76. The fourth-order valence-corrected chi connectivity index (χ4v) is 1.60. The molecule has 17 heavy (non-hydrogen) atoms. The van der Waals surface area contributed by atoms with Gasteiger partial charge in [-0.15, -0.1) is 11.6 Å². The van der Waals surface area contributed by atoms with Gasteiger partial charge in [-0.2, -0.15) is 0 Å². The van der Waals surface area contributed by atoms with Crippen LogP contribution in [-0.4, -0.2) is 17.9 Å². The van der Waals surface area contributed by atoms with Gasteiger partial charge in [0, 0.05) is 17.6 Å². The van der Waals surface area contributed by atoms with Gasteiger partial charge in [0.15, 0.2) is 5.78 Å². The van der Waals surface area contributed by atoms with Gasteiger partial charge in [-0.25, -0.2) is 0 Å². The quantitative estimate of drug-likeness (QED) is 0.479. The highest BCUT2D eigenvalue weighted by atomic mass is 35.5. The zero-order chi connectivity index (χ0) is 12.8. The predicted molar refractivity (Wildman–Crippen MR) is 72.0 cm³/mol. The summed E-state index contributed by atoms with van der Waals surface area (Å²) in [5, 5.41) is 10.4. The van der Waals surface area contributed by atoms with Crippen molar-refractivity contribution in [2.45, 2.75) is 13.8 Å². The molecule has 0 saturated carbocycles. The molecule has 0 atom stereocenters. The van der Waals surface area contributed by atoms with Gasteiger partial charge in [0.2, 0.25) is 0 Å². The van der Waals surface area contributed by atoms with Crippen LogP contribution in [0.15, 0.2) is 35.5 Å². The molecule has 1 rings (SSSR count). The molecule has 0 bridgehead atoms. The number of aryl methyl sites for hydroxylation is 1.